The predicted octanol–water partition coefficient (Wildman–Crippen LogP) is 1.97. The van der Waals surface area contributed by atoms with Gasteiger partial charge in [0.1, 0.15) is 5.82 Å². The highest BCUT2D eigenvalue weighted by atomic mass is 19.1. The molecule has 0 radical (unpaired) electrons. The number of carbonyl (C=O) groups is 1. The van der Waals surface area contributed by atoms with Crippen molar-refractivity contribution in [3.8, 4) is 0 Å². The number of hydrogen-bond donors (Lipinski definition) is 2. The first-order valence-corrected chi connectivity index (χ1v) is 4.67. The summed E-state index contributed by atoms with van der Waals surface area (Å²) in [5, 5.41) is 18.3. The summed E-state index contributed by atoms with van der Waals surface area (Å²) >= 11 is 0. The average molecular weight is 212 g/mol. The van der Waals surface area contributed by atoms with E-state index in [1.54, 1.807) is 0 Å². The van der Waals surface area contributed by atoms with Crippen LogP contribution in [0.4, 0.5) is 4.39 Å². The van der Waals surface area contributed by atoms with Gasteiger partial charge in [0.2, 0.25) is 0 Å². The number of aliphatic hydroxyl groups is 1. The van der Waals surface area contributed by atoms with Gasteiger partial charge in [-0.25, -0.2) is 4.39 Å². The minimum absolute atomic E-state index is 0.126. The van der Waals surface area contributed by atoms with Gasteiger partial charge in [-0.1, -0.05) is 19.1 Å². The van der Waals surface area contributed by atoms with Gasteiger partial charge >= 0.3 is 5.97 Å². The largest absolute Gasteiger partial charge is 0.481 e. The molecule has 0 saturated carbocycles. The lowest BCUT2D eigenvalue weighted by Crippen LogP contribution is -2.13. The number of hydrogen-bond acceptors (Lipinski definition) is 2. The van der Waals surface area contributed by atoms with Crippen molar-refractivity contribution in [3.05, 3.63) is 35.6 Å². The zero-order chi connectivity index (χ0) is 11.4. The van der Waals surface area contributed by atoms with Gasteiger partial charge in [-0.05, 0) is 24.1 Å². The van der Waals surface area contributed by atoms with Crippen molar-refractivity contribution in [2.24, 2.45) is 5.92 Å². The number of aliphatic carboxylic acids is 1. The molecule has 1 aromatic rings. The summed E-state index contributed by atoms with van der Waals surface area (Å²) in [5.74, 6) is -1.95. The van der Waals surface area contributed by atoms with Crippen LogP contribution in [-0.4, -0.2) is 16.2 Å². The first-order valence-electron chi connectivity index (χ1n) is 4.67. The van der Waals surface area contributed by atoms with Crippen LogP contribution in [0.15, 0.2) is 24.3 Å². The van der Waals surface area contributed by atoms with E-state index in [9.17, 15) is 14.3 Å². The summed E-state index contributed by atoms with van der Waals surface area (Å²) in [7, 11) is 0. The predicted molar refractivity (Wildman–Crippen MR) is 52.8 cm³/mol. The third kappa shape index (κ3) is 3.32. The molecule has 1 aromatic carbocycles. The summed E-state index contributed by atoms with van der Waals surface area (Å²) in [6, 6.07) is 5.39. The molecule has 0 fully saturated rings. The minimum Gasteiger partial charge on any atom is -0.481 e. The van der Waals surface area contributed by atoms with E-state index in [1.807, 2.05) is 0 Å². The summed E-state index contributed by atoms with van der Waals surface area (Å²) in [6.07, 6.45) is -0.738. The zero-order valence-electron chi connectivity index (χ0n) is 8.35. The Balaban J connectivity index is 2.64. The minimum atomic E-state index is -0.948. The van der Waals surface area contributed by atoms with Gasteiger partial charge < -0.3 is 10.2 Å². The Labute approximate surface area is 87.2 Å². The molecule has 82 valence electrons. The smallest absolute Gasteiger partial charge is 0.306 e. The van der Waals surface area contributed by atoms with E-state index >= 15 is 0 Å². The fraction of sp³-hybridized carbons (Fsp3) is 0.364. The first-order chi connectivity index (χ1) is 7.00. The van der Waals surface area contributed by atoms with Gasteiger partial charge in [-0.15, -0.1) is 0 Å². The molecule has 3 nitrogen and oxygen atoms in total. The van der Waals surface area contributed by atoms with Crippen LogP contribution in [0, 0.1) is 11.7 Å². The summed E-state index contributed by atoms with van der Waals surface area (Å²) in [5.41, 5.74) is 0.532. The normalized spacial score (nSPS) is 14.6. The number of carboxylic acid groups (broad SMARTS) is 1. The molecule has 2 unspecified atom stereocenters. The van der Waals surface area contributed by atoms with E-state index in [-0.39, 0.29) is 12.2 Å². The Kier molecular flexibility index (Phi) is 3.80. The lowest BCUT2D eigenvalue weighted by Gasteiger charge is -2.13. The standard InChI is InChI=1S/C11H13FO3/c1-7(11(14)15)6-10(13)8-2-4-9(12)5-3-8/h2-5,7,10,13H,6H2,1H3,(H,14,15). The molecular formula is C11H13FO3. The second-order valence-corrected chi connectivity index (χ2v) is 3.54. The van der Waals surface area contributed by atoms with Gasteiger partial charge in [0, 0.05) is 0 Å². The van der Waals surface area contributed by atoms with Crippen LogP contribution in [-0.2, 0) is 4.79 Å². The third-order valence-corrected chi connectivity index (χ3v) is 2.25. The van der Waals surface area contributed by atoms with E-state index in [1.165, 1.54) is 31.2 Å². The highest BCUT2D eigenvalue weighted by molar-refractivity contribution is 5.69. The number of benzene rings is 1. The molecular weight excluding hydrogens is 199 g/mol. The van der Waals surface area contributed by atoms with Crippen LogP contribution < -0.4 is 0 Å². The van der Waals surface area contributed by atoms with Crippen LogP contribution >= 0.6 is 0 Å². The van der Waals surface area contributed by atoms with E-state index < -0.39 is 18.0 Å². The summed E-state index contributed by atoms with van der Waals surface area (Å²) < 4.78 is 12.6. The average Bonchev–Trinajstić information content (AvgIpc) is 2.18. The Bertz CT molecular complexity index is 334. The summed E-state index contributed by atoms with van der Waals surface area (Å²) in [6.45, 7) is 1.52. The highest BCUT2D eigenvalue weighted by Crippen LogP contribution is 2.21. The quantitative estimate of drug-likeness (QED) is 0.802. The molecule has 0 aliphatic heterocycles. The molecule has 15 heavy (non-hydrogen) atoms. The van der Waals surface area contributed by atoms with Crippen LogP contribution in [0.1, 0.15) is 25.0 Å². The molecule has 1 rings (SSSR count). The van der Waals surface area contributed by atoms with Crippen LogP contribution in [0.5, 0.6) is 0 Å². The molecule has 0 heterocycles. The van der Waals surface area contributed by atoms with E-state index in [0.717, 1.165) is 0 Å². The fourth-order valence-corrected chi connectivity index (χ4v) is 1.26. The molecule has 4 heteroatoms. The Hall–Kier alpha value is -1.42. The van der Waals surface area contributed by atoms with Crippen molar-refractivity contribution in [2.45, 2.75) is 19.4 Å². The molecule has 0 aliphatic rings. The van der Waals surface area contributed by atoms with E-state index in [2.05, 4.69) is 0 Å². The van der Waals surface area contributed by atoms with Crippen LogP contribution in [0.3, 0.4) is 0 Å². The lowest BCUT2D eigenvalue weighted by molar-refractivity contribution is -0.142. The van der Waals surface area contributed by atoms with Crippen LogP contribution in [0.25, 0.3) is 0 Å². The van der Waals surface area contributed by atoms with Crippen molar-refractivity contribution in [2.75, 3.05) is 0 Å². The molecule has 0 spiro atoms. The Morgan fingerprint density at radius 3 is 2.40 bits per heavy atom. The number of carboxylic acids is 1. The van der Waals surface area contributed by atoms with Gasteiger partial charge in [0.25, 0.3) is 0 Å². The number of rotatable bonds is 4. The van der Waals surface area contributed by atoms with Gasteiger partial charge in [-0.2, -0.15) is 0 Å². The third-order valence-electron chi connectivity index (χ3n) is 2.25. The molecule has 0 saturated heterocycles. The maximum Gasteiger partial charge on any atom is 0.306 e. The van der Waals surface area contributed by atoms with Crippen molar-refractivity contribution in [3.63, 3.8) is 0 Å². The van der Waals surface area contributed by atoms with Crippen molar-refractivity contribution in [1.82, 2.24) is 0 Å². The second kappa shape index (κ2) is 4.89. The molecule has 0 bridgehead atoms. The Morgan fingerprint density at radius 1 is 1.40 bits per heavy atom. The van der Waals surface area contributed by atoms with Crippen LogP contribution in [0.2, 0.25) is 0 Å². The van der Waals surface area contributed by atoms with Gasteiger partial charge in [0.05, 0.1) is 12.0 Å². The molecule has 2 N–H and O–H groups in total. The maximum absolute atomic E-state index is 12.6. The highest BCUT2D eigenvalue weighted by Gasteiger charge is 2.17. The number of halogens is 1. The zero-order valence-corrected chi connectivity index (χ0v) is 8.35. The SMILES string of the molecule is CC(CC(O)c1ccc(F)cc1)C(=O)O. The lowest BCUT2D eigenvalue weighted by atomic mass is 9.98. The molecule has 0 amide bonds. The number of aliphatic hydroxyl groups excluding tert-OH is 1. The molecule has 2 atom stereocenters. The van der Waals surface area contributed by atoms with E-state index in [0.29, 0.717) is 5.56 Å². The van der Waals surface area contributed by atoms with Gasteiger partial charge in [0.15, 0.2) is 0 Å². The first kappa shape index (κ1) is 11.7. The topological polar surface area (TPSA) is 57.5 Å². The second-order valence-electron chi connectivity index (χ2n) is 3.54. The fourth-order valence-electron chi connectivity index (χ4n) is 1.26. The van der Waals surface area contributed by atoms with Crippen molar-refractivity contribution < 1.29 is 19.4 Å². The Morgan fingerprint density at radius 2 is 1.93 bits per heavy atom. The summed E-state index contributed by atoms with van der Waals surface area (Å²) in [4.78, 5) is 10.5. The van der Waals surface area contributed by atoms with E-state index in [4.69, 9.17) is 5.11 Å². The molecule has 0 aliphatic carbocycles. The maximum atomic E-state index is 12.6. The van der Waals surface area contributed by atoms with Gasteiger partial charge in [-0.3, -0.25) is 4.79 Å². The monoisotopic (exact) mass is 212 g/mol. The van der Waals surface area contributed by atoms with Crippen molar-refractivity contribution >= 4 is 5.97 Å². The van der Waals surface area contributed by atoms with Crippen molar-refractivity contribution in [1.29, 1.82) is 0 Å². The molecule has 0 aromatic heterocycles.